The number of carboxylic acid groups (broad SMARTS) is 1. The predicted molar refractivity (Wildman–Crippen MR) is 274 cm³/mol. The van der Waals surface area contributed by atoms with E-state index in [-0.39, 0.29) is 5.57 Å². The number of nitrogens with zero attached hydrogens (tertiary/aromatic N) is 5. The molecule has 2 atom stereocenters. The largest absolute Gasteiger partial charge is 0.477 e. The zero-order chi connectivity index (χ0) is 45.9. The Labute approximate surface area is 399 Å². The molecule has 0 radical (unpaired) electrons. The van der Waals surface area contributed by atoms with Gasteiger partial charge in [0.2, 0.25) is 0 Å². The van der Waals surface area contributed by atoms with Crippen molar-refractivity contribution < 1.29 is 9.90 Å². The third-order valence-electron chi connectivity index (χ3n) is 13.2. The molecule has 2 unspecified atom stereocenters. The van der Waals surface area contributed by atoms with E-state index in [9.17, 15) is 20.4 Å². The van der Waals surface area contributed by atoms with Crippen LogP contribution in [-0.4, -0.2) is 27.1 Å². The Morgan fingerprint density at radius 3 is 2.16 bits per heavy atom. The molecule has 0 saturated heterocycles. The second-order valence-electron chi connectivity index (χ2n) is 17.3. The first-order chi connectivity index (χ1) is 32.9. The molecule has 3 aromatic heterocycles. The van der Waals surface area contributed by atoms with Gasteiger partial charge in [-0.1, -0.05) is 124 Å². The molecule has 4 heterocycles. The number of aliphatic carboxylic acids is 1. The first kappa shape index (κ1) is 43.5. The van der Waals surface area contributed by atoms with Crippen molar-refractivity contribution in [3.63, 3.8) is 0 Å². The number of hydrogen-bond donors (Lipinski definition) is 1. The van der Waals surface area contributed by atoms with Crippen LogP contribution in [0.15, 0.2) is 151 Å². The molecule has 1 aliphatic heterocycles. The number of carboxylic acids is 1. The Hall–Kier alpha value is -7.43. The summed E-state index contributed by atoms with van der Waals surface area (Å²) in [6.07, 6.45) is 14.7. The van der Waals surface area contributed by atoms with Gasteiger partial charge in [-0.05, 0) is 113 Å². The van der Waals surface area contributed by atoms with Gasteiger partial charge in [-0.25, -0.2) is 4.79 Å². The van der Waals surface area contributed by atoms with Gasteiger partial charge in [0.15, 0.2) is 5.57 Å². The number of fused-ring (bicyclic) bond motifs is 4. The van der Waals surface area contributed by atoms with Gasteiger partial charge < -0.3 is 10.0 Å². The Kier molecular flexibility index (Phi) is 12.4. The van der Waals surface area contributed by atoms with Crippen LogP contribution in [0, 0.1) is 22.7 Å². The van der Waals surface area contributed by atoms with E-state index in [1.54, 1.807) is 35.9 Å². The summed E-state index contributed by atoms with van der Waals surface area (Å²) in [6.45, 7) is 2.21. The number of unbranched alkanes of at least 4 members (excludes halogenated alkanes) is 3. The quantitative estimate of drug-likeness (QED) is 0.0500. The minimum Gasteiger partial charge on any atom is -0.477 e. The SMILES string of the molecule is CCCCCCc1cc(-c2ccc(-c3ccc4c(c3)C3CCCC3N4c3ccc(C=C(c4ccccc4)c4ccccc4)cc3)c3nccnc23)sc1-c1ccc(/C(C#N)=C(\C#N)C(=O)O)s1. The highest BCUT2D eigenvalue weighted by atomic mass is 32.1. The lowest BCUT2D eigenvalue weighted by Gasteiger charge is -2.27. The Bertz CT molecular complexity index is 3240. The molecule has 328 valence electrons. The van der Waals surface area contributed by atoms with Crippen molar-refractivity contribution in [2.75, 3.05) is 4.90 Å². The molecule has 0 amide bonds. The number of benzene rings is 5. The van der Waals surface area contributed by atoms with E-state index in [0.717, 1.165) is 86.4 Å². The van der Waals surface area contributed by atoms with Gasteiger partial charge in [0.05, 0.1) is 16.6 Å². The zero-order valence-corrected chi connectivity index (χ0v) is 38.8. The van der Waals surface area contributed by atoms with Gasteiger partial charge in [0.25, 0.3) is 0 Å². The van der Waals surface area contributed by atoms with Crippen LogP contribution in [-0.2, 0) is 11.2 Å². The average Bonchev–Trinajstić information content (AvgIpc) is 4.19. The van der Waals surface area contributed by atoms with Crippen LogP contribution in [0.4, 0.5) is 11.4 Å². The molecular formula is C58H47N5O2S2. The molecule has 0 spiro atoms. The first-order valence-corrected chi connectivity index (χ1v) is 24.7. The molecule has 67 heavy (non-hydrogen) atoms. The fourth-order valence-electron chi connectivity index (χ4n) is 10.1. The highest BCUT2D eigenvalue weighted by molar-refractivity contribution is 7.24. The summed E-state index contributed by atoms with van der Waals surface area (Å²) in [4.78, 5) is 27.9. The van der Waals surface area contributed by atoms with Crippen LogP contribution in [0.5, 0.6) is 0 Å². The molecule has 1 fully saturated rings. The lowest BCUT2D eigenvalue weighted by molar-refractivity contribution is -0.132. The Morgan fingerprint density at radius 1 is 0.761 bits per heavy atom. The van der Waals surface area contributed by atoms with Gasteiger partial charge in [-0.15, -0.1) is 22.7 Å². The van der Waals surface area contributed by atoms with Crippen molar-refractivity contribution in [3.8, 4) is 43.5 Å². The number of allylic oxidation sites excluding steroid dienone is 1. The van der Waals surface area contributed by atoms with Crippen LogP contribution in [0.2, 0.25) is 0 Å². The minimum absolute atomic E-state index is 0.119. The fraction of sp³-hybridized carbons (Fsp3) is 0.190. The third kappa shape index (κ3) is 8.49. The van der Waals surface area contributed by atoms with E-state index in [0.29, 0.717) is 16.8 Å². The summed E-state index contributed by atoms with van der Waals surface area (Å²) in [5.41, 5.74) is 14.1. The van der Waals surface area contributed by atoms with Crippen LogP contribution in [0.3, 0.4) is 0 Å². The smallest absolute Gasteiger partial charge is 0.347 e. The van der Waals surface area contributed by atoms with Gasteiger partial charge in [-0.2, -0.15) is 10.5 Å². The van der Waals surface area contributed by atoms with E-state index in [2.05, 4.69) is 139 Å². The molecule has 2 aliphatic rings. The van der Waals surface area contributed by atoms with Gasteiger partial charge in [0.1, 0.15) is 12.1 Å². The monoisotopic (exact) mass is 909 g/mol. The summed E-state index contributed by atoms with van der Waals surface area (Å²) < 4.78 is 0. The number of rotatable bonds is 14. The second kappa shape index (κ2) is 19.2. The number of thiophene rings is 2. The van der Waals surface area contributed by atoms with Crippen molar-refractivity contribution in [2.24, 2.45) is 0 Å². The minimum atomic E-state index is -1.41. The standard InChI is InChI=1S/C58H47N5O2S2/c1-2-3-4-7-17-41-34-54(67-57(41)53-29-28-52(66-53)48(35-59)49(36-60)58(64)65)45-26-25-43(55-56(45)62-31-30-61-55)40-22-27-51-47(33-40)44-18-12-19-50(44)63(51)42-23-20-37(21-24-42)32-46(38-13-8-5-9-14-38)39-15-10-6-11-16-39/h5-6,8-11,13-16,20-34,44,50H,2-4,7,12,17-19H2,1H3,(H,64,65)/b49-48+. The zero-order valence-electron chi connectivity index (χ0n) is 37.2. The number of aromatic nitrogens is 2. The van der Waals surface area contributed by atoms with Gasteiger partial charge in [-0.3, -0.25) is 9.97 Å². The molecule has 9 heteroatoms. The van der Waals surface area contributed by atoms with E-state index in [4.69, 9.17) is 9.97 Å². The van der Waals surface area contributed by atoms with Crippen molar-refractivity contribution in [1.29, 1.82) is 10.5 Å². The van der Waals surface area contributed by atoms with Crippen molar-refractivity contribution >= 4 is 68.3 Å². The highest BCUT2D eigenvalue weighted by Gasteiger charge is 2.42. The van der Waals surface area contributed by atoms with Crippen molar-refractivity contribution in [1.82, 2.24) is 9.97 Å². The van der Waals surface area contributed by atoms with Crippen LogP contribution in [0.1, 0.15) is 90.5 Å². The highest BCUT2D eigenvalue weighted by Crippen LogP contribution is 2.54. The first-order valence-electron chi connectivity index (χ1n) is 23.0. The summed E-state index contributed by atoms with van der Waals surface area (Å²) in [5.74, 6) is -0.959. The summed E-state index contributed by atoms with van der Waals surface area (Å²) in [7, 11) is 0. The van der Waals surface area contributed by atoms with Crippen molar-refractivity contribution in [3.05, 3.63) is 184 Å². The number of hydrogen-bond acceptors (Lipinski definition) is 8. The summed E-state index contributed by atoms with van der Waals surface area (Å²) in [6, 6.07) is 51.7. The maximum absolute atomic E-state index is 11.8. The predicted octanol–water partition coefficient (Wildman–Crippen LogP) is 15.1. The van der Waals surface area contributed by atoms with E-state index < -0.39 is 11.5 Å². The molecule has 1 N–H and O–H groups in total. The lowest BCUT2D eigenvalue weighted by Crippen LogP contribution is -2.26. The number of nitriles is 2. The second-order valence-corrected chi connectivity index (χ2v) is 19.4. The fourth-order valence-corrected chi connectivity index (χ4v) is 12.4. The molecule has 10 rings (SSSR count). The molecule has 1 saturated carbocycles. The third-order valence-corrected chi connectivity index (χ3v) is 15.7. The van der Waals surface area contributed by atoms with Crippen LogP contribution >= 0.6 is 22.7 Å². The Morgan fingerprint density at radius 2 is 1.48 bits per heavy atom. The molecule has 7 nitrogen and oxygen atoms in total. The molecule has 5 aromatic carbocycles. The number of carbonyl (C=O) groups is 1. The summed E-state index contributed by atoms with van der Waals surface area (Å²) in [5, 5.41) is 29.1. The summed E-state index contributed by atoms with van der Waals surface area (Å²) >= 11 is 3.03. The molecule has 8 aromatic rings. The van der Waals surface area contributed by atoms with E-state index in [1.165, 1.54) is 63.4 Å². The average molecular weight is 910 g/mol. The van der Waals surface area contributed by atoms with E-state index >= 15 is 0 Å². The van der Waals surface area contributed by atoms with Crippen LogP contribution in [0.25, 0.3) is 59.6 Å². The number of aryl methyl sites for hydroxylation is 1. The van der Waals surface area contributed by atoms with Crippen LogP contribution < -0.4 is 4.90 Å². The van der Waals surface area contributed by atoms with E-state index in [1.807, 2.05) is 12.1 Å². The maximum Gasteiger partial charge on any atom is 0.347 e. The molecule has 0 bridgehead atoms. The van der Waals surface area contributed by atoms with Gasteiger partial charge >= 0.3 is 5.97 Å². The Balaban J connectivity index is 0.983. The molecule has 1 aliphatic carbocycles. The molecular weight excluding hydrogens is 863 g/mol. The van der Waals surface area contributed by atoms with Crippen molar-refractivity contribution in [2.45, 2.75) is 70.3 Å². The topological polar surface area (TPSA) is 114 Å². The number of anilines is 2. The lowest BCUT2D eigenvalue weighted by atomic mass is 9.93. The normalized spacial score (nSPS) is 15.4. The maximum atomic E-state index is 11.8. The van der Waals surface area contributed by atoms with Gasteiger partial charge in [0, 0.05) is 66.4 Å².